The maximum Gasteiger partial charge on any atom is 0.181 e. The zero-order chi connectivity index (χ0) is 24.6. The zero-order valence-electron chi connectivity index (χ0n) is 20.8. The van der Waals surface area contributed by atoms with Gasteiger partial charge in [-0.2, -0.15) is 0 Å². The molecule has 0 aliphatic heterocycles. The van der Waals surface area contributed by atoms with Gasteiger partial charge in [0.15, 0.2) is 11.5 Å². The minimum Gasteiger partial charge on any atom is -0.367 e. The van der Waals surface area contributed by atoms with Crippen molar-refractivity contribution in [3.8, 4) is 11.3 Å². The van der Waals surface area contributed by atoms with Crippen molar-refractivity contribution in [1.29, 1.82) is 0 Å². The predicted octanol–water partition coefficient (Wildman–Crippen LogP) is 6.26. The van der Waals surface area contributed by atoms with Gasteiger partial charge in [0, 0.05) is 24.9 Å². The van der Waals surface area contributed by atoms with Crippen LogP contribution in [0.2, 0.25) is 0 Å². The molecular weight excluding hydrogens is 432 g/mol. The van der Waals surface area contributed by atoms with E-state index in [1.54, 1.807) is 6.20 Å². The Bertz CT molecular complexity index is 1350. The highest BCUT2D eigenvalue weighted by Gasteiger charge is 2.15. The molecule has 2 aromatic carbocycles. The lowest BCUT2D eigenvalue weighted by molar-refractivity contribution is 0.687. The van der Waals surface area contributed by atoms with Crippen molar-refractivity contribution < 1.29 is 0 Å². The first-order valence-corrected chi connectivity index (χ1v) is 12.2. The van der Waals surface area contributed by atoms with Gasteiger partial charge in [0.2, 0.25) is 0 Å². The van der Waals surface area contributed by atoms with Crippen molar-refractivity contribution in [2.75, 3.05) is 18.4 Å². The minimum atomic E-state index is 0.518. The molecule has 2 aromatic heterocycles. The van der Waals surface area contributed by atoms with Crippen molar-refractivity contribution in [1.82, 2.24) is 19.7 Å². The molecule has 0 bridgehead atoms. The summed E-state index contributed by atoms with van der Waals surface area (Å²) in [5.74, 6) is 1.34. The number of aromatic nitrogens is 3. The Kier molecular flexibility index (Phi) is 8.06. The first-order chi connectivity index (χ1) is 17.1. The molecule has 0 radical (unpaired) electrons. The number of imidazole rings is 1. The number of fused-ring (bicyclic) bond motifs is 3. The van der Waals surface area contributed by atoms with Crippen LogP contribution in [0.5, 0.6) is 0 Å². The van der Waals surface area contributed by atoms with Crippen LogP contribution < -0.4 is 10.6 Å². The number of rotatable bonds is 11. The lowest BCUT2D eigenvalue weighted by Gasteiger charge is -2.13. The van der Waals surface area contributed by atoms with Crippen LogP contribution >= 0.6 is 0 Å². The van der Waals surface area contributed by atoms with Gasteiger partial charge >= 0.3 is 0 Å². The molecule has 0 aliphatic carbocycles. The van der Waals surface area contributed by atoms with Crippen molar-refractivity contribution >= 4 is 29.2 Å². The second kappa shape index (κ2) is 11.6. The second-order valence-electron chi connectivity index (χ2n) is 9.01. The van der Waals surface area contributed by atoms with E-state index in [0.717, 1.165) is 59.8 Å². The molecule has 6 nitrogen and oxygen atoms in total. The number of aliphatic imine (C=N–C) groups is 1. The van der Waals surface area contributed by atoms with Crippen LogP contribution in [-0.4, -0.2) is 34.2 Å². The second-order valence-corrected chi connectivity index (χ2v) is 9.01. The van der Waals surface area contributed by atoms with Crippen LogP contribution in [0.1, 0.15) is 32.8 Å². The first-order valence-electron chi connectivity index (χ1n) is 12.2. The maximum absolute atomic E-state index is 4.85. The summed E-state index contributed by atoms with van der Waals surface area (Å²) in [6, 6.07) is 16.9. The molecule has 4 aromatic rings. The molecule has 0 saturated heterocycles. The number of para-hydroxylation sites is 2. The first kappa shape index (κ1) is 24.4. The summed E-state index contributed by atoms with van der Waals surface area (Å²) in [6.07, 6.45) is 8.74. The van der Waals surface area contributed by atoms with E-state index >= 15 is 0 Å². The van der Waals surface area contributed by atoms with Crippen molar-refractivity contribution in [2.45, 2.75) is 33.7 Å². The average molecular weight is 467 g/mol. The van der Waals surface area contributed by atoms with Crippen molar-refractivity contribution in [3.63, 3.8) is 0 Å². The molecule has 4 rings (SSSR count). The molecule has 6 heteroatoms. The van der Waals surface area contributed by atoms with E-state index in [1.165, 1.54) is 11.1 Å². The Morgan fingerprint density at radius 1 is 1.14 bits per heavy atom. The fourth-order valence-corrected chi connectivity index (χ4v) is 4.04. The SMILES string of the molecule is C=N/C=C\C(=C/C)CCNCc1ccc(-c2cnc3c(NCC(C)C)nc4ccccc4n23)cc1. The van der Waals surface area contributed by atoms with E-state index in [1.807, 2.05) is 31.3 Å². The molecule has 2 N–H and O–H groups in total. The van der Waals surface area contributed by atoms with Gasteiger partial charge in [-0.25, -0.2) is 9.97 Å². The van der Waals surface area contributed by atoms with Crippen LogP contribution in [0.15, 0.2) is 83.6 Å². The molecular formula is C29H34N6. The normalized spacial score (nSPS) is 12.3. The molecule has 0 amide bonds. The third kappa shape index (κ3) is 5.84. The van der Waals surface area contributed by atoms with Crippen molar-refractivity contribution in [3.05, 3.63) is 84.2 Å². The van der Waals surface area contributed by atoms with E-state index < -0.39 is 0 Å². The van der Waals surface area contributed by atoms with Gasteiger partial charge in [-0.3, -0.25) is 9.39 Å². The van der Waals surface area contributed by atoms with Crippen LogP contribution in [-0.2, 0) is 6.54 Å². The molecule has 0 fully saturated rings. The van der Waals surface area contributed by atoms with E-state index in [0.29, 0.717) is 5.92 Å². The molecule has 0 aliphatic rings. The summed E-state index contributed by atoms with van der Waals surface area (Å²) in [5, 5.41) is 7.01. The molecule has 0 atom stereocenters. The van der Waals surface area contributed by atoms with E-state index in [-0.39, 0.29) is 0 Å². The number of nitrogens with one attached hydrogen (secondary N) is 2. The number of nitrogens with zero attached hydrogens (tertiary/aromatic N) is 4. The monoisotopic (exact) mass is 466 g/mol. The van der Waals surface area contributed by atoms with E-state index in [2.05, 4.69) is 83.1 Å². The highest BCUT2D eigenvalue weighted by Crippen LogP contribution is 2.28. The fraction of sp³-hybridized carbons (Fsp3) is 0.276. The van der Waals surface area contributed by atoms with Gasteiger partial charge in [0.05, 0.1) is 22.9 Å². The lowest BCUT2D eigenvalue weighted by Crippen LogP contribution is -2.15. The Balaban J connectivity index is 1.54. The summed E-state index contributed by atoms with van der Waals surface area (Å²) in [5.41, 5.74) is 7.54. The van der Waals surface area contributed by atoms with E-state index in [4.69, 9.17) is 9.97 Å². The Labute approximate surface area is 207 Å². The number of benzene rings is 2. The number of hydrogen-bond donors (Lipinski definition) is 2. The van der Waals surface area contributed by atoms with Gasteiger partial charge in [0.25, 0.3) is 0 Å². The van der Waals surface area contributed by atoms with Crippen LogP contribution in [0.25, 0.3) is 27.9 Å². The Morgan fingerprint density at radius 3 is 2.69 bits per heavy atom. The fourth-order valence-electron chi connectivity index (χ4n) is 4.04. The molecule has 35 heavy (non-hydrogen) atoms. The largest absolute Gasteiger partial charge is 0.367 e. The van der Waals surface area contributed by atoms with Crippen LogP contribution in [0, 0.1) is 5.92 Å². The molecule has 2 heterocycles. The number of allylic oxidation sites excluding steroid dienone is 2. The van der Waals surface area contributed by atoms with Gasteiger partial charge in [-0.05, 0) is 61.9 Å². The molecule has 0 saturated carbocycles. The van der Waals surface area contributed by atoms with Gasteiger partial charge in [0.1, 0.15) is 0 Å². The Hall–Kier alpha value is -3.77. The smallest absolute Gasteiger partial charge is 0.181 e. The standard InChI is InChI=1S/C29H34N6/c1-5-22(14-16-30-4)15-17-31-19-23-10-12-24(13-11-23)27-20-33-29-28(32-18-21(2)3)34-25-8-6-7-9-26(25)35(27)29/h5-14,16,20-21,31H,4,15,17-19H2,1-3H3,(H,32,34)/b16-14-,22-5+. The lowest BCUT2D eigenvalue weighted by atomic mass is 10.1. The minimum absolute atomic E-state index is 0.518. The summed E-state index contributed by atoms with van der Waals surface area (Å²) < 4.78 is 2.21. The summed E-state index contributed by atoms with van der Waals surface area (Å²) in [4.78, 5) is 13.4. The highest BCUT2D eigenvalue weighted by atomic mass is 15.1. The quantitative estimate of drug-likeness (QED) is 0.156. The summed E-state index contributed by atoms with van der Waals surface area (Å²) in [7, 11) is 0. The number of hydrogen-bond acceptors (Lipinski definition) is 5. The van der Waals surface area contributed by atoms with E-state index in [9.17, 15) is 0 Å². The average Bonchev–Trinajstić information content (AvgIpc) is 3.33. The molecule has 0 spiro atoms. The topological polar surface area (TPSA) is 66.6 Å². The summed E-state index contributed by atoms with van der Waals surface area (Å²) in [6.45, 7) is 12.5. The van der Waals surface area contributed by atoms with Crippen molar-refractivity contribution in [2.24, 2.45) is 10.9 Å². The molecule has 0 unspecified atom stereocenters. The van der Waals surface area contributed by atoms with Gasteiger partial charge in [-0.15, -0.1) is 0 Å². The number of anilines is 1. The highest BCUT2D eigenvalue weighted by molar-refractivity contribution is 5.86. The third-order valence-corrected chi connectivity index (χ3v) is 5.94. The van der Waals surface area contributed by atoms with Crippen LogP contribution in [0.3, 0.4) is 0 Å². The predicted molar refractivity (Wildman–Crippen MR) is 148 cm³/mol. The maximum atomic E-state index is 4.85. The zero-order valence-corrected chi connectivity index (χ0v) is 20.8. The van der Waals surface area contributed by atoms with Gasteiger partial charge in [-0.1, -0.05) is 56.3 Å². The Morgan fingerprint density at radius 2 is 1.94 bits per heavy atom. The van der Waals surface area contributed by atoms with Gasteiger partial charge < -0.3 is 10.6 Å². The molecule has 180 valence electrons. The third-order valence-electron chi connectivity index (χ3n) is 5.94. The van der Waals surface area contributed by atoms with Crippen LogP contribution in [0.4, 0.5) is 5.82 Å². The summed E-state index contributed by atoms with van der Waals surface area (Å²) >= 11 is 0.